The Labute approximate surface area is 174 Å². The van der Waals surface area contributed by atoms with E-state index in [1.54, 1.807) is 0 Å². The molecule has 30 heavy (non-hydrogen) atoms. The minimum Gasteiger partial charge on any atom is -0.376 e. The van der Waals surface area contributed by atoms with Crippen molar-refractivity contribution in [1.29, 1.82) is 0 Å². The van der Waals surface area contributed by atoms with Crippen molar-refractivity contribution in [3.8, 4) is 0 Å². The summed E-state index contributed by atoms with van der Waals surface area (Å²) in [4.78, 5) is 25.9. The number of aromatic amines is 1. The van der Waals surface area contributed by atoms with Crippen molar-refractivity contribution in [3.63, 3.8) is 0 Å². The molecule has 1 aromatic heterocycles. The lowest BCUT2D eigenvalue weighted by Crippen LogP contribution is -2.67. The number of ether oxygens (including phenoxy) is 2. The van der Waals surface area contributed by atoms with Crippen molar-refractivity contribution in [2.45, 2.75) is 19.3 Å². The van der Waals surface area contributed by atoms with Crippen LogP contribution in [0.1, 0.15) is 11.1 Å². The molecule has 7 heteroatoms. The van der Waals surface area contributed by atoms with Gasteiger partial charge in [-0.1, -0.05) is 60.7 Å². The zero-order chi connectivity index (χ0) is 20.8. The number of aromatic nitrogens is 2. The Morgan fingerprint density at radius 3 is 2.03 bits per heavy atom. The molecule has 0 spiro atoms. The summed E-state index contributed by atoms with van der Waals surface area (Å²) in [6, 6.07) is 21.3. The lowest BCUT2D eigenvalue weighted by molar-refractivity contribution is 0.00717. The fraction of sp³-hybridized carbons (Fsp3) is 0.304. The largest absolute Gasteiger partial charge is 0.376 e. The van der Waals surface area contributed by atoms with E-state index in [1.165, 1.54) is 16.9 Å². The number of benzene rings is 2. The van der Waals surface area contributed by atoms with E-state index in [4.69, 9.17) is 9.47 Å². The Balaban J connectivity index is 1.39. The lowest BCUT2D eigenvalue weighted by atomic mass is 9.91. The van der Waals surface area contributed by atoms with E-state index in [0.717, 1.165) is 11.1 Å². The summed E-state index contributed by atoms with van der Waals surface area (Å²) in [7, 11) is 0. The van der Waals surface area contributed by atoms with E-state index in [2.05, 4.69) is 4.98 Å². The van der Waals surface area contributed by atoms with E-state index >= 15 is 0 Å². The molecule has 3 aromatic rings. The normalized spacial score (nSPS) is 18.2. The second-order valence-corrected chi connectivity index (χ2v) is 7.41. The van der Waals surface area contributed by atoms with Crippen molar-refractivity contribution in [2.24, 2.45) is 5.92 Å². The maximum Gasteiger partial charge on any atom is 0.347 e. The number of rotatable bonds is 9. The van der Waals surface area contributed by atoms with Crippen molar-refractivity contribution in [1.82, 2.24) is 9.66 Å². The molecule has 156 valence electrons. The molecule has 2 heterocycles. The number of H-pyrrole nitrogens is 1. The van der Waals surface area contributed by atoms with Gasteiger partial charge in [0.05, 0.1) is 32.5 Å². The molecule has 0 unspecified atom stereocenters. The summed E-state index contributed by atoms with van der Waals surface area (Å²) in [6.45, 7) is 2.74. The zero-order valence-electron chi connectivity index (χ0n) is 16.6. The average Bonchev–Trinajstić information content (AvgIpc) is 2.75. The first-order chi connectivity index (χ1) is 14.7. The Kier molecular flexibility index (Phi) is 6.41. The van der Waals surface area contributed by atoms with Crippen LogP contribution in [0.15, 0.2) is 82.5 Å². The quantitative estimate of drug-likeness (QED) is 0.586. The van der Waals surface area contributed by atoms with E-state index < -0.39 is 11.2 Å². The van der Waals surface area contributed by atoms with Gasteiger partial charge in [0.15, 0.2) is 0 Å². The number of nitrogens with one attached hydrogen (secondary N) is 1. The first-order valence-electron chi connectivity index (χ1n) is 10.0. The first-order valence-corrected chi connectivity index (χ1v) is 10.0. The minimum atomic E-state index is -0.445. The van der Waals surface area contributed by atoms with Gasteiger partial charge < -0.3 is 14.5 Å². The summed E-state index contributed by atoms with van der Waals surface area (Å²) >= 11 is 0. The van der Waals surface area contributed by atoms with Gasteiger partial charge in [-0.3, -0.25) is 9.78 Å². The summed E-state index contributed by atoms with van der Waals surface area (Å²) in [5.41, 5.74) is 1.37. The van der Waals surface area contributed by atoms with E-state index in [0.29, 0.717) is 33.0 Å². The molecule has 0 saturated carbocycles. The topological polar surface area (TPSA) is 76.6 Å². The third kappa shape index (κ3) is 4.87. The second-order valence-electron chi connectivity index (χ2n) is 7.41. The Morgan fingerprint density at radius 2 is 1.43 bits per heavy atom. The highest BCUT2D eigenvalue weighted by molar-refractivity contribution is 5.15. The monoisotopic (exact) mass is 407 g/mol. The van der Waals surface area contributed by atoms with Crippen molar-refractivity contribution >= 4 is 0 Å². The Morgan fingerprint density at radius 1 is 0.833 bits per heavy atom. The van der Waals surface area contributed by atoms with Gasteiger partial charge in [0.25, 0.3) is 5.56 Å². The summed E-state index contributed by atoms with van der Waals surface area (Å²) in [5.74, 6) is 0.225. The van der Waals surface area contributed by atoms with Gasteiger partial charge in [-0.2, -0.15) is 0 Å². The van der Waals surface area contributed by atoms with Gasteiger partial charge in [-0.25, -0.2) is 9.47 Å². The summed E-state index contributed by atoms with van der Waals surface area (Å²) in [6.07, 6.45) is 1.51. The molecular weight excluding hydrogens is 382 g/mol. The molecule has 2 aromatic carbocycles. The highest BCUT2D eigenvalue weighted by Gasteiger charge is 2.40. The molecular formula is C23H25N3O4. The van der Waals surface area contributed by atoms with Crippen LogP contribution in [0.5, 0.6) is 0 Å². The van der Waals surface area contributed by atoms with Crippen LogP contribution in [0.4, 0.5) is 0 Å². The van der Waals surface area contributed by atoms with Crippen LogP contribution in [-0.4, -0.2) is 35.5 Å². The predicted molar refractivity (Wildman–Crippen MR) is 114 cm³/mol. The molecule has 1 aliphatic rings. The summed E-state index contributed by atoms with van der Waals surface area (Å²) < 4.78 is 13.3. The average molecular weight is 407 g/mol. The van der Waals surface area contributed by atoms with Crippen LogP contribution in [0.3, 0.4) is 0 Å². The summed E-state index contributed by atoms with van der Waals surface area (Å²) in [5, 5.41) is 1.92. The first kappa shape index (κ1) is 20.1. The molecule has 0 radical (unpaired) electrons. The minimum absolute atomic E-state index is 0.0203. The smallest absolute Gasteiger partial charge is 0.347 e. The zero-order valence-corrected chi connectivity index (χ0v) is 16.6. The van der Waals surface area contributed by atoms with Crippen molar-refractivity contribution in [2.75, 3.05) is 24.8 Å². The fourth-order valence-corrected chi connectivity index (χ4v) is 3.62. The lowest BCUT2D eigenvalue weighted by Gasteiger charge is -2.49. The Bertz CT molecular complexity index is 1050. The number of nitrogens with zero attached hydrogens (tertiary/aromatic N) is 2. The maximum absolute atomic E-state index is 12.2. The molecule has 0 amide bonds. The van der Waals surface area contributed by atoms with Gasteiger partial charge in [0, 0.05) is 24.7 Å². The van der Waals surface area contributed by atoms with Crippen LogP contribution in [-0.2, 0) is 22.7 Å². The van der Waals surface area contributed by atoms with Crippen LogP contribution < -0.4 is 16.3 Å². The van der Waals surface area contributed by atoms with E-state index in [1.807, 2.05) is 65.7 Å². The van der Waals surface area contributed by atoms with Crippen LogP contribution in [0.25, 0.3) is 0 Å². The standard InChI is InChI=1S/C23H25N3O4/c27-22-11-12-25(23(28)24-22)26-13-20(16-29-14-18-7-3-1-4-8-18)21(26)17-30-15-19-9-5-2-6-10-19/h1-12,20-21H,13-17H2,(H,24,27,28)/t20-,21-/m1/s1. The van der Waals surface area contributed by atoms with Gasteiger partial charge in [0.1, 0.15) is 0 Å². The fourth-order valence-electron chi connectivity index (χ4n) is 3.62. The Hall–Kier alpha value is -3.16. The van der Waals surface area contributed by atoms with Crippen LogP contribution >= 0.6 is 0 Å². The molecule has 1 N–H and O–H groups in total. The highest BCUT2D eigenvalue weighted by atomic mass is 16.5. The number of hydrogen-bond donors (Lipinski definition) is 1. The molecule has 2 atom stereocenters. The molecule has 4 rings (SSSR count). The molecule has 1 fully saturated rings. The van der Waals surface area contributed by atoms with Gasteiger partial charge >= 0.3 is 5.69 Å². The van der Waals surface area contributed by atoms with Crippen molar-refractivity contribution in [3.05, 3.63) is 105 Å². The molecule has 1 saturated heterocycles. The van der Waals surface area contributed by atoms with Crippen LogP contribution in [0, 0.1) is 5.92 Å². The molecule has 1 aliphatic heterocycles. The molecule has 7 nitrogen and oxygen atoms in total. The van der Waals surface area contributed by atoms with Gasteiger partial charge in [-0.05, 0) is 11.1 Å². The van der Waals surface area contributed by atoms with E-state index in [-0.39, 0.29) is 12.0 Å². The third-order valence-corrected chi connectivity index (χ3v) is 5.27. The van der Waals surface area contributed by atoms with Crippen molar-refractivity contribution < 1.29 is 9.47 Å². The number of hydrogen-bond acceptors (Lipinski definition) is 5. The predicted octanol–water partition coefficient (Wildman–Crippen LogP) is 1.91. The second kappa shape index (κ2) is 9.56. The van der Waals surface area contributed by atoms with Gasteiger partial charge in [-0.15, -0.1) is 0 Å². The maximum atomic E-state index is 12.2. The van der Waals surface area contributed by atoms with Crippen LogP contribution in [0.2, 0.25) is 0 Å². The third-order valence-electron chi connectivity index (χ3n) is 5.27. The molecule has 0 aliphatic carbocycles. The van der Waals surface area contributed by atoms with Gasteiger partial charge in [0.2, 0.25) is 0 Å². The molecule has 0 bridgehead atoms. The highest BCUT2D eigenvalue weighted by Crippen LogP contribution is 2.24. The van der Waals surface area contributed by atoms with E-state index in [9.17, 15) is 9.59 Å². The SMILES string of the molecule is O=c1ccn(N2C[C@H](COCc3ccccc3)[C@H]2COCc2ccccc2)c(=O)[nH]1.